The molecule has 8 heteroatoms. The van der Waals surface area contributed by atoms with Crippen LogP contribution in [0.5, 0.6) is 5.75 Å². The molecule has 0 heterocycles. The number of ether oxygens (including phenoxy) is 2. The minimum Gasteiger partial charge on any atom is -0.489 e. The minimum absolute atomic E-state index is 0.453. The van der Waals surface area contributed by atoms with Crippen LogP contribution >= 0.6 is 23.4 Å². The first-order valence-corrected chi connectivity index (χ1v) is 13.8. The molecular weight excluding hydrogens is 522 g/mol. The summed E-state index contributed by atoms with van der Waals surface area (Å²) < 4.78 is 11.3. The van der Waals surface area contributed by atoms with Crippen molar-refractivity contribution in [2.45, 2.75) is 67.6 Å². The van der Waals surface area contributed by atoms with Crippen molar-refractivity contribution in [2.75, 3.05) is 13.2 Å². The van der Waals surface area contributed by atoms with E-state index in [9.17, 15) is 15.0 Å². The van der Waals surface area contributed by atoms with Crippen LogP contribution in [0, 0.1) is 0 Å². The lowest BCUT2D eigenvalue weighted by molar-refractivity contribution is 0.0220. The summed E-state index contributed by atoms with van der Waals surface area (Å²) in [5.74, 6) is 0.322. The SMILES string of the molecule is CCC(c1ccc(Sc2cccc(OCc3ccccc3)c2)cc1Cl)C(CO)(CO)NC(=O)OC(C)(C)C. The van der Waals surface area contributed by atoms with E-state index in [1.807, 2.05) is 79.7 Å². The highest BCUT2D eigenvalue weighted by atomic mass is 35.5. The normalized spacial score (nSPS) is 12.6. The molecule has 0 bridgehead atoms. The van der Waals surface area contributed by atoms with E-state index in [4.69, 9.17) is 21.1 Å². The summed E-state index contributed by atoms with van der Waals surface area (Å²) in [6.45, 7) is 6.70. The Morgan fingerprint density at radius 2 is 1.66 bits per heavy atom. The van der Waals surface area contributed by atoms with Gasteiger partial charge in [0.05, 0.1) is 18.8 Å². The van der Waals surface area contributed by atoms with Crippen molar-refractivity contribution in [2.24, 2.45) is 0 Å². The number of aliphatic hydroxyl groups is 2. The van der Waals surface area contributed by atoms with Gasteiger partial charge in [-0.25, -0.2) is 4.79 Å². The molecule has 0 saturated heterocycles. The van der Waals surface area contributed by atoms with Gasteiger partial charge in [0.2, 0.25) is 0 Å². The van der Waals surface area contributed by atoms with Crippen molar-refractivity contribution in [1.82, 2.24) is 5.32 Å². The predicted molar refractivity (Wildman–Crippen MR) is 152 cm³/mol. The Morgan fingerprint density at radius 3 is 2.26 bits per heavy atom. The summed E-state index contributed by atoms with van der Waals surface area (Å²) >= 11 is 8.28. The lowest BCUT2D eigenvalue weighted by Crippen LogP contribution is -2.59. The molecule has 0 fully saturated rings. The zero-order chi connectivity index (χ0) is 27.8. The molecule has 0 aliphatic heterocycles. The van der Waals surface area contributed by atoms with E-state index in [1.165, 1.54) is 0 Å². The number of alkyl carbamates (subject to hydrolysis) is 1. The molecule has 1 amide bonds. The fraction of sp³-hybridized carbons (Fsp3) is 0.367. The highest BCUT2D eigenvalue weighted by Crippen LogP contribution is 2.39. The minimum atomic E-state index is -1.35. The summed E-state index contributed by atoms with van der Waals surface area (Å²) in [6, 6.07) is 23.5. The molecule has 3 aromatic rings. The van der Waals surface area contributed by atoms with Crippen molar-refractivity contribution in [3.8, 4) is 5.75 Å². The average molecular weight is 558 g/mol. The standard InChI is InChI=1S/C30H36ClNO5S/c1-5-26(30(19-33,20-34)32-28(35)37-29(2,3)4)25-15-14-24(17-27(25)31)38-23-13-9-12-22(16-23)36-18-21-10-7-6-8-11-21/h6-17,26,33-34H,5,18-20H2,1-4H3,(H,32,35). The van der Waals surface area contributed by atoms with Crippen molar-refractivity contribution < 1.29 is 24.5 Å². The summed E-state index contributed by atoms with van der Waals surface area (Å²) in [5.41, 5.74) is -0.248. The Morgan fingerprint density at radius 1 is 0.974 bits per heavy atom. The lowest BCUT2D eigenvalue weighted by Gasteiger charge is -2.39. The van der Waals surface area contributed by atoms with Crippen LogP contribution in [0.4, 0.5) is 4.79 Å². The van der Waals surface area contributed by atoms with Crippen molar-refractivity contribution in [3.63, 3.8) is 0 Å². The van der Waals surface area contributed by atoms with Gasteiger partial charge in [0.1, 0.15) is 18.0 Å². The maximum absolute atomic E-state index is 12.5. The maximum atomic E-state index is 12.5. The van der Waals surface area contributed by atoms with E-state index in [2.05, 4.69) is 5.32 Å². The van der Waals surface area contributed by atoms with Crippen LogP contribution in [-0.4, -0.2) is 40.7 Å². The second-order valence-corrected chi connectivity index (χ2v) is 11.6. The molecule has 0 spiro atoms. The topological polar surface area (TPSA) is 88.0 Å². The van der Waals surface area contributed by atoms with Crippen LogP contribution in [0.25, 0.3) is 0 Å². The van der Waals surface area contributed by atoms with Gasteiger partial charge in [0.15, 0.2) is 0 Å². The first-order valence-electron chi connectivity index (χ1n) is 12.6. The van der Waals surface area contributed by atoms with Gasteiger partial charge in [-0.15, -0.1) is 0 Å². The highest BCUT2D eigenvalue weighted by Gasteiger charge is 2.41. The Kier molecular flexibility index (Phi) is 10.5. The number of aliphatic hydroxyl groups excluding tert-OH is 2. The number of carbonyl (C=O) groups is 1. The molecule has 1 unspecified atom stereocenters. The van der Waals surface area contributed by atoms with Gasteiger partial charge in [-0.05, 0) is 68.7 Å². The molecule has 204 valence electrons. The van der Waals surface area contributed by atoms with Crippen LogP contribution in [0.1, 0.15) is 51.2 Å². The molecular formula is C30H36ClNO5S. The van der Waals surface area contributed by atoms with Gasteiger partial charge in [-0.3, -0.25) is 0 Å². The third kappa shape index (κ3) is 8.14. The Balaban J connectivity index is 1.76. The fourth-order valence-corrected chi connectivity index (χ4v) is 5.49. The number of rotatable bonds is 11. The third-order valence-corrected chi connectivity index (χ3v) is 7.33. The second-order valence-electron chi connectivity index (χ2n) is 10.1. The van der Waals surface area contributed by atoms with Crippen LogP contribution in [0.15, 0.2) is 82.6 Å². The van der Waals surface area contributed by atoms with Gasteiger partial charge < -0.3 is 25.0 Å². The number of amides is 1. The largest absolute Gasteiger partial charge is 0.489 e. The monoisotopic (exact) mass is 557 g/mol. The van der Waals surface area contributed by atoms with E-state index in [0.717, 1.165) is 26.7 Å². The second kappa shape index (κ2) is 13.4. The van der Waals surface area contributed by atoms with Crippen molar-refractivity contribution >= 4 is 29.5 Å². The average Bonchev–Trinajstić information content (AvgIpc) is 2.88. The van der Waals surface area contributed by atoms with Crippen LogP contribution in [-0.2, 0) is 11.3 Å². The van der Waals surface area contributed by atoms with E-state index in [0.29, 0.717) is 18.1 Å². The van der Waals surface area contributed by atoms with E-state index < -0.39 is 36.4 Å². The highest BCUT2D eigenvalue weighted by molar-refractivity contribution is 7.99. The van der Waals surface area contributed by atoms with Crippen molar-refractivity contribution in [3.05, 3.63) is 88.9 Å². The maximum Gasteiger partial charge on any atom is 0.408 e. The Bertz CT molecular complexity index is 1190. The van der Waals surface area contributed by atoms with Crippen molar-refractivity contribution in [1.29, 1.82) is 0 Å². The lowest BCUT2D eigenvalue weighted by atomic mass is 9.78. The molecule has 0 radical (unpaired) electrons. The smallest absolute Gasteiger partial charge is 0.408 e. The summed E-state index contributed by atoms with van der Waals surface area (Å²) in [5, 5.41) is 23.8. The number of hydrogen-bond donors (Lipinski definition) is 3. The van der Waals surface area contributed by atoms with E-state index >= 15 is 0 Å². The van der Waals surface area contributed by atoms with Crippen LogP contribution in [0.2, 0.25) is 5.02 Å². The number of benzene rings is 3. The van der Waals surface area contributed by atoms with E-state index in [-0.39, 0.29) is 0 Å². The first-order chi connectivity index (χ1) is 18.1. The third-order valence-electron chi connectivity index (χ3n) is 6.03. The summed E-state index contributed by atoms with van der Waals surface area (Å²) in [6.07, 6.45) is -0.194. The zero-order valence-electron chi connectivity index (χ0n) is 22.2. The number of hydrogen-bond acceptors (Lipinski definition) is 6. The molecule has 1 atom stereocenters. The van der Waals surface area contributed by atoms with Crippen LogP contribution < -0.4 is 10.1 Å². The summed E-state index contributed by atoms with van der Waals surface area (Å²) in [4.78, 5) is 14.5. The molecule has 0 aromatic heterocycles. The molecule has 0 aliphatic rings. The number of nitrogens with one attached hydrogen (secondary N) is 1. The van der Waals surface area contributed by atoms with Crippen LogP contribution in [0.3, 0.4) is 0 Å². The molecule has 0 aliphatic carbocycles. The molecule has 3 rings (SSSR count). The quantitative estimate of drug-likeness (QED) is 0.240. The Labute approximate surface area is 234 Å². The van der Waals surface area contributed by atoms with Gasteiger partial charge in [-0.1, -0.05) is 72.8 Å². The van der Waals surface area contributed by atoms with E-state index in [1.54, 1.807) is 32.5 Å². The number of halogens is 1. The molecule has 6 nitrogen and oxygen atoms in total. The Hall–Kier alpha value is -2.71. The molecule has 38 heavy (non-hydrogen) atoms. The van der Waals surface area contributed by atoms with Gasteiger partial charge in [-0.2, -0.15) is 0 Å². The molecule has 3 aromatic carbocycles. The first kappa shape index (κ1) is 29.8. The summed E-state index contributed by atoms with van der Waals surface area (Å²) in [7, 11) is 0. The molecule has 0 saturated carbocycles. The zero-order valence-corrected chi connectivity index (χ0v) is 23.8. The molecule has 3 N–H and O–H groups in total. The van der Waals surface area contributed by atoms with Gasteiger partial charge in [0.25, 0.3) is 0 Å². The number of carbonyl (C=O) groups excluding carboxylic acids is 1. The van der Waals surface area contributed by atoms with Gasteiger partial charge in [0, 0.05) is 20.7 Å². The fourth-order valence-electron chi connectivity index (χ4n) is 4.21. The predicted octanol–water partition coefficient (Wildman–Crippen LogP) is 6.81. The van der Waals surface area contributed by atoms with Gasteiger partial charge >= 0.3 is 6.09 Å².